The Hall–Kier alpha value is -1.91. The standard InChI is InChI=1S/C13H21N3O2/c1-15(2)10-5-6-11(14)12(9-10)18-8-7-13(17)16(3)4/h5-6,9H,7-8,14H2,1-4H3. The molecule has 2 N–H and O–H groups in total. The van der Waals surface area contributed by atoms with Gasteiger partial charge in [0, 0.05) is 39.9 Å². The molecule has 0 atom stereocenters. The number of carbonyl (C=O) groups excluding carboxylic acids is 1. The molecule has 0 radical (unpaired) electrons. The molecule has 0 saturated carbocycles. The lowest BCUT2D eigenvalue weighted by molar-refractivity contribution is -0.129. The molecular formula is C13H21N3O2. The van der Waals surface area contributed by atoms with Crippen LogP contribution < -0.4 is 15.4 Å². The molecule has 0 saturated heterocycles. The molecule has 100 valence electrons. The number of nitrogens with two attached hydrogens (primary N) is 1. The van der Waals surface area contributed by atoms with E-state index in [1.54, 1.807) is 25.1 Å². The van der Waals surface area contributed by atoms with Crippen LogP contribution in [0.2, 0.25) is 0 Å². The summed E-state index contributed by atoms with van der Waals surface area (Å²) in [5.74, 6) is 0.657. The molecule has 5 heteroatoms. The van der Waals surface area contributed by atoms with Crippen molar-refractivity contribution in [2.75, 3.05) is 45.4 Å². The zero-order valence-electron chi connectivity index (χ0n) is 11.4. The molecule has 0 aliphatic rings. The van der Waals surface area contributed by atoms with Crippen molar-refractivity contribution in [2.45, 2.75) is 6.42 Å². The van der Waals surface area contributed by atoms with Crippen molar-refractivity contribution in [3.05, 3.63) is 18.2 Å². The number of ether oxygens (including phenoxy) is 1. The number of carbonyl (C=O) groups is 1. The number of nitrogens with zero attached hydrogens (tertiary/aromatic N) is 2. The Labute approximate surface area is 108 Å². The molecule has 0 aliphatic heterocycles. The summed E-state index contributed by atoms with van der Waals surface area (Å²) >= 11 is 0. The molecule has 1 rings (SSSR count). The number of hydrogen-bond donors (Lipinski definition) is 1. The molecule has 0 bridgehead atoms. The van der Waals surface area contributed by atoms with Gasteiger partial charge in [0.15, 0.2) is 0 Å². The topological polar surface area (TPSA) is 58.8 Å². The minimum atomic E-state index is 0.0392. The minimum absolute atomic E-state index is 0.0392. The second kappa shape index (κ2) is 6.14. The van der Waals surface area contributed by atoms with E-state index in [0.717, 1.165) is 5.69 Å². The third-order valence-electron chi connectivity index (χ3n) is 2.59. The maximum atomic E-state index is 11.4. The first-order chi connectivity index (χ1) is 8.41. The quantitative estimate of drug-likeness (QED) is 0.799. The zero-order chi connectivity index (χ0) is 13.7. The number of anilines is 2. The second-order valence-electron chi connectivity index (χ2n) is 4.50. The van der Waals surface area contributed by atoms with Crippen molar-refractivity contribution in [3.8, 4) is 5.75 Å². The maximum absolute atomic E-state index is 11.4. The van der Waals surface area contributed by atoms with E-state index in [0.29, 0.717) is 24.5 Å². The highest BCUT2D eigenvalue weighted by Crippen LogP contribution is 2.26. The fraction of sp³-hybridized carbons (Fsp3) is 0.462. The van der Waals surface area contributed by atoms with E-state index in [1.807, 2.05) is 31.1 Å². The van der Waals surface area contributed by atoms with Gasteiger partial charge in [0.25, 0.3) is 0 Å². The highest BCUT2D eigenvalue weighted by molar-refractivity contribution is 5.75. The third kappa shape index (κ3) is 3.84. The molecule has 1 aromatic rings. The number of amides is 1. The third-order valence-corrected chi connectivity index (χ3v) is 2.59. The molecule has 0 aliphatic carbocycles. The van der Waals surface area contributed by atoms with Gasteiger partial charge in [0.2, 0.25) is 5.91 Å². The Morgan fingerprint density at radius 3 is 2.50 bits per heavy atom. The van der Waals surface area contributed by atoms with E-state index in [-0.39, 0.29) is 5.91 Å². The van der Waals surface area contributed by atoms with E-state index >= 15 is 0 Å². The van der Waals surface area contributed by atoms with Crippen LogP contribution in [0.4, 0.5) is 11.4 Å². The summed E-state index contributed by atoms with van der Waals surface area (Å²) < 4.78 is 5.55. The van der Waals surface area contributed by atoms with Gasteiger partial charge in [-0.15, -0.1) is 0 Å². The van der Waals surface area contributed by atoms with Gasteiger partial charge in [-0.2, -0.15) is 0 Å². The summed E-state index contributed by atoms with van der Waals surface area (Å²) in [7, 11) is 7.35. The summed E-state index contributed by atoms with van der Waals surface area (Å²) in [5, 5.41) is 0. The Morgan fingerprint density at radius 2 is 1.94 bits per heavy atom. The largest absolute Gasteiger partial charge is 0.491 e. The first-order valence-corrected chi connectivity index (χ1v) is 5.81. The van der Waals surface area contributed by atoms with E-state index in [4.69, 9.17) is 10.5 Å². The molecule has 0 spiro atoms. The lowest BCUT2D eigenvalue weighted by atomic mass is 10.2. The van der Waals surface area contributed by atoms with Crippen LogP contribution >= 0.6 is 0 Å². The smallest absolute Gasteiger partial charge is 0.225 e. The van der Waals surface area contributed by atoms with Gasteiger partial charge in [-0.3, -0.25) is 4.79 Å². The van der Waals surface area contributed by atoms with Gasteiger partial charge < -0.3 is 20.3 Å². The molecule has 5 nitrogen and oxygen atoms in total. The first-order valence-electron chi connectivity index (χ1n) is 5.81. The average molecular weight is 251 g/mol. The molecule has 0 heterocycles. The fourth-order valence-corrected chi connectivity index (χ4v) is 1.40. The van der Waals surface area contributed by atoms with Crippen LogP contribution in [-0.4, -0.2) is 45.6 Å². The summed E-state index contributed by atoms with van der Waals surface area (Å²) in [6.45, 7) is 0.331. The van der Waals surface area contributed by atoms with Crippen molar-refractivity contribution in [2.24, 2.45) is 0 Å². The predicted octanol–water partition coefficient (Wildman–Crippen LogP) is 1.19. The predicted molar refractivity (Wildman–Crippen MR) is 74.0 cm³/mol. The minimum Gasteiger partial charge on any atom is -0.491 e. The van der Waals surface area contributed by atoms with Gasteiger partial charge >= 0.3 is 0 Å². The fourth-order valence-electron chi connectivity index (χ4n) is 1.40. The maximum Gasteiger partial charge on any atom is 0.225 e. The van der Waals surface area contributed by atoms with Crippen LogP contribution in [0, 0.1) is 0 Å². The SMILES string of the molecule is CN(C)C(=O)CCOc1cc(N(C)C)ccc1N. The molecule has 1 aromatic carbocycles. The van der Waals surface area contributed by atoms with Crippen molar-refractivity contribution in [3.63, 3.8) is 0 Å². The number of hydrogen-bond acceptors (Lipinski definition) is 4. The van der Waals surface area contributed by atoms with Crippen LogP contribution in [0.1, 0.15) is 6.42 Å². The van der Waals surface area contributed by atoms with Gasteiger partial charge in [-0.25, -0.2) is 0 Å². The first kappa shape index (κ1) is 14.2. The number of rotatable bonds is 5. The molecule has 0 fully saturated rings. The van der Waals surface area contributed by atoms with Gasteiger partial charge in [-0.05, 0) is 12.1 Å². The van der Waals surface area contributed by atoms with Crippen molar-refractivity contribution < 1.29 is 9.53 Å². The zero-order valence-corrected chi connectivity index (χ0v) is 11.4. The van der Waals surface area contributed by atoms with Crippen molar-refractivity contribution in [1.82, 2.24) is 4.90 Å². The Kier molecular flexibility index (Phi) is 4.83. The van der Waals surface area contributed by atoms with E-state index in [1.165, 1.54) is 0 Å². The normalized spacial score (nSPS) is 10.0. The summed E-state index contributed by atoms with van der Waals surface area (Å²) in [5.41, 5.74) is 7.42. The Bertz CT molecular complexity index is 417. The number of nitrogen functional groups attached to an aromatic ring is 1. The summed E-state index contributed by atoms with van der Waals surface area (Å²) in [6, 6.07) is 5.60. The van der Waals surface area contributed by atoms with E-state index in [2.05, 4.69) is 0 Å². The second-order valence-corrected chi connectivity index (χ2v) is 4.50. The molecule has 18 heavy (non-hydrogen) atoms. The summed E-state index contributed by atoms with van der Waals surface area (Å²) in [4.78, 5) is 14.9. The van der Waals surface area contributed by atoms with Gasteiger partial charge in [-0.1, -0.05) is 0 Å². The molecule has 0 aromatic heterocycles. The summed E-state index contributed by atoms with van der Waals surface area (Å²) in [6.07, 6.45) is 0.346. The van der Waals surface area contributed by atoms with Gasteiger partial charge in [0.1, 0.15) is 5.75 Å². The van der Waals surface area contributed by atoms with Crippen molar-refractivity contribution >= 4 is 17.3 Å². The van der Waals surface area contributed by atoms with Crippen LogP contribution in [0.25, 0.3) is 0 Å². The molecule has 0 unspecified atom stereocenters. The van der Waals surface area contributed by atoms with Crippen LogP contribution in [0.3, 0.4) is 0 Å². The average Bonchev–Trinajstić information content (AvgIpc) is 2.30. The van der Waals surface area contributed by atoms with Crippen molar-refractivity contribution in [1.29, 1.82) is 0 Å². The Morgan fingerprint density at radius 1 is 1.28 bits per heavy atom. The molecule has 1 amide bonds. The van der Waals surface area contributed by atoms with E-state index in [9.17, 15) is 4.79 Å². The van der Waals surface area contributed by atoms with Crippen LogP contribution in [0.5, 0.6) is 5.75 Å². The highest BCUT2D eigenvalue weighted by atomic mass is 16.5. The monoisotopic (exact) mass is 251 g/mol. The van der Waals surface area contributed by atoms with Crippen LogP contribution in [0.15, 0.2) is 18.2 Å². The molecular weight excluding hydrogens is 230 g/mol. The van der Waals surface area contributed by atoms with Crippen LogP contribution in [-0.2, 0) is 4.79 Å². The van der Waals surface area contributed by atoms with E-state index < -0.39 is 0 Å². The highest BCUT2D eigenvalue weighted by Gasteiger charge is 2.07. The Balaban J connectivity index is 2.61. The number of benzene rings is 1. The lowest BCUT2D eigenvalue weighted by Gasteiger charge is -2.16. The lowest BCUT2D eigenvalue weighted by Crippen LogP contribution is -2.23. The van der Waals surface area contributed by atoms with Gasteiger partial charge in [0.05, 0.1) is 18.7 Å².